The summed E-state index contributed by atoms with van der Waals surface area (Å²) in [7, 11) is -0.251. The van der Waals surface area contributed by atoms with Crippen LogP contribution in [0.2, 0.25) is 0 Å². The highest BCUT2D eigenvalue weighted by atomic mass is 32.2. The number of sulfonamides is 1. The zero-order chi connectivity index (χ0) is 18.7. The molecule has 1 amide bonds. The number of carbonyl (C=O) groups is 1. The van der Waals surface area contributed by atoms with Crippen LogP contribution < -0.4 is 19.1 Å². The number of methoxy groups -OCH3 is 2. The SMILES string of the molecule is COc1ccc(OC)c(NC(=O)c2cccc(N3CCCS3(=O)=O)c2)c1. The Morgan fingerprint density at radius 2 is 1.92 bits per heavy atom. The van der Waals surface area contributed by atoms with Gasteiger partial charge in [-0.3, -0.25) is 9.10 Å². The van der Waals surface area contributed by atoms with Crippen molar-refractivity contribution in [1.82, 2.24) is 0 Å². The minimum absolute atomic E-state index is 0.129. The summed E-state index contributed by atoms with van der Waals surface area (Å²) >= 11 is 0. The maximum Gasteiger partial charge on any atom is 0.255 e. The second-order valence-corrected chi connectivity index (χ2v) is 7.83. The Hall–Kier alpha value is -2.74. The van der Waals surface area contributed by atoms with Gasteiger partial charge < -0.3 is 14.8 Å². The van der Waals surface area contributed by atoms with Crippen LogP contribution in [0.5, 0.6) is 11.5 Å². The molecule has 26 heavy (non-hydrogen) atoms. The van der Waals surface area contributed by atoms with Gasteiger partial charge in [0.05, 0.1) is 31.3 Å². The lowest BCUT2D eigenvalue weighted by Crippen LogP contribution is -2.25. The third-order valence-electron chi connectivity index (χ3n) is 4.15. The molecule has 1 saturated heterocycles. The lowest BCUT2D eigenvalue weighted by Gasteiger charge is -2.18. The Labute approximate surface area is 152 Å². The third kappa shape index (κ3) is 3.60. The highest BCUT2D eigenvalue weighted by Crippen LogP contribution is 2.30. The van der Waals surface area contributed by atoms with Gasteiger partial charge in [0.2, 0.25) is 10.0 Å². The molecule has 0 aromatic heterocycles. The number of nitrogens with zero attached hydrogens (tertiary/aromatic N) is 1. The molecule has 138 valence electrons. The fourth-order valence-corrected chi connectivity index (χ4v) is 4.39. The molecule has 1 aliphatic rings. The summed E-state index contributed by atoms with van der Waals surface area (Å²) in [5.41, 5.74) is 1.32. The summed E-state index contributed by atoms with van der Waals surface area (Å²) in [6.07, 6.45) is 0.583. The Morgan fingerprint density at radius 3 is 2.58 bits per heavy atom. The molecular weight excluding hydrogens is 356 g/mol. The molecule has 1 N–H and O–H groups in total. The van der Waals surface area contributed by atoms with E-state index >= 15 is 0 Å². The van der Waals surface area contributed by atoms with Crippen LogP contribution in [0.15, 0.2) is 42.5 Å². The molecule has 0 atom stereocenters. The van der Waals surface area contributed by atoms with Crippen molar-refractivity contribution in [3.63, 3.8) is 0 Å². The lowest BCUT2D eigenvalue weighted by molar-refractivity contribution is 0.102. The monoisotopic (exact) mass is 376 g/mol. The molecule has 2 aromatic carbocycles. The van der Waals surface area contributed by atoms with E-state index in [1.165, 1.54) is 18.5 Å². The molecule has 2 aromatic rings. The van der Waals surface area contributed by atoms with Gasteiger partial charge in [-0.15, -0.1) is 0 Å². The minimum atomic E-state index is -3.30. The van der Waals surface area contributed by atoms with E-state index < -0.39 is 10.0 Å². The Bertz CT molecular complexity index is 927. The number of benzene rings is 2. The molecule has 0 bridgehead atoms. The van der Waals surface area contributed by atoms with Crippen LogP contribution >= 0.6 is 0 Å². The molecule has 3 rings (SSSR count). The summed E-state index contributed by atoms with van der Waals surface area (Å²) in [6.45, 7) is 0.428. The average Bonchev–Trinajstić information content (AvgIpc) is 3.00. The molecule has 7 nitrogen and oxygen atoms in total. The van der Waals surface area contributed by atoms with Crippen LogP contribution in [0.1, 0.15) is 16.8 Å². The number of ether oxygens (including phenoxy) is 2. The second-order valence-electron chi connectivity index (χ2n) is 5.81. The quantitative estimate of drug-likeness (QED) is 0.867. The van der Waals surface area contributed by atoms with Gasteiger partial charge in [-0.2, -0.15) is 0 Å². The molecule has 1 aliphatic heterocycles. The van der Waals surface area contributed by atoms with Gasteiger partial charge in [0.15, 0.2) is 0 Å². The molecule has 0 unspecified atom stereocenters. The van der Waals surface area contributed by atoms with Gasteiger partial charge in [-0.25, -0.2) is 8.42 Å². The predicted molar refractivity (Wildman–Crippen MR) is 99.7 cm³/mol. The number of hydrogen-bond donors (Lipinski definition) is 1. The highest BCUT2D eigenvalue weighted by molar-refractivity contribution is 7.93. The van der Waals surface area contributed by atoms with Crippen LogP contribution in [-0.2, 0) is 10.0 Å². The molecule has 0 spiro atoms. The van der Waals surface area contributed by atoms with Gasteiger partial charge in [-0.1, -0.05) is 6.07 Å². The highest BCUT2D eigenvalue weighted by Gasteiger charge is 2.28. The summed E-state index contributed by atoms with van der Waals surface area (Å²) in [6, 6.07) is 11.6. The summed E-state index contributed by atoms with van der Waals surface area (Å²) in [5.74, 6) is 0.843. The molecule has 1 fully saturated rings. The molecule has 1 heterocycles. The van der Waals surface area contributed by atoms with E-state index in [-0.39, 0.29) is 11.7 Å². The normalized spacial score (nSPS) is 15.5. The van der Waals surface area contributed by atoms with E-state index in [1.54, 1.807) is 42.5 Å². The van der Waals surface area contributed by atoms with Gasteiger partial charge in [0.1, 0.15) is 11.5 Å². The summed E-state index contributed by atoms with van der Waals surface area (Å²) < 4.78 is 35.9. The van der Waals surface area contributed by atoms with Crippen molar-refractivity contribution in [3.05, 3.63) is 48.0 Å². The van der Waals surface area contributed by atoms with Crippen LogP contribution in [0, 0.1) is 0 Å². The number of amides is 1. The molecule has 0 aliphatic carbocycles. The van der Waals surface area contributed by atoms with E-state index in [9.17, 15) is 13.2 Å². The summed E-state index contributed by atoms with van der Waals surface area (Å²) in [5, 5.41) is 2.78. The lowest BCUT2D eigenvalue weighted by atomic mass is 10.1. The van der Waals surface area contributed by atoms with Crippen LogP contribution in [0.4, 0.5) is 11.4 Å². The van der Waals surface area contributed by atoms with Crippen LogP contribution in [0.3, 0.4) is 0 Å². The number of nitrogens with one attached hydrogen (secondary N) is 1. The zero-order valence-corrected chi connectivity index (χ0v) is 15.4. The van der Waals surface area contributed by atoms with Gasteiger partial charge >= 0.3 is 0 Å². The van der Waals surface area contributed by atoms with Gasteiger partial charge in [0, 0.05) is 18.2 Å². The standard InChI is InChI=1S/C18H20N2O5S/c1-24-15-7-8-17(25-2)16(12-15)19-18(21)13-5-3-6-14(11-13)20-9-4-10-26(20,22)23/h3,5-8,11-12H,4,9-10H2,1-2H3,(H,19,21). The summed E-state index contributed by atoms with van der Waals surface area (Å²) in [4.78, 5) is 12.6. The van der Waals surface area contributed by atoms with Gasteiger partial charge in [-0.05, 0) is 36.8 Å². The topological polar surface area (TPSA) is 84.9 Å². The third-order valence-corrected chi connectivity index (χ3v) is 6.02. The van der Waals surface area contributed by atoms with Crippen LogP contribution in [0.25, 0.3) is 0 Å². The maximum absolute atomic E-state index is 12.6. The Kier molecular flexibility index (Phi) is 5.03. The van der Waals surface area contributed by atoms with Crippen molar-refractivity contribution in [1.29, 1.82) is 0 Å². The van der Waals surface area contributed by atoms with E-state index in [0.717, 1.165) is 0 Å². The fourth-order valence-electron chi connectivity index (χ4n) is 2.84. The molecule has 0 saturated carbocycles. The number of anilines is 2. The smallest absolute Gasteiger partial charge is 0.255 e. The first kappa shape index (κ1) is 18.1. The van der Waals surface area contributed by atoms with Crippen molar-refractivity contribution < 1.29 is 22.7 Å². The van der Waals surface area contributed by atoms with Crippen LogP contribution in [-0.4, -0.2) is 40.8 Å². The zero-order valence-electron chi connectivity index (χ0n) is 14.6. The first-order valence-electron chi connectivity index (χ1n) is 8.08. The van der Waals surface area contributed by atoms with E-state index in [2.05, 4.69) is 5.32 Å². The van der Waals surface area contributed by atoms with Gasteiger partial charge in [0.25, 0.3) is 5.91 Å². The second kappa shape index (κ2) is 7.25. The number of carbonyl (C=O) groups excluding carboxylic acids is 1. The average molecular weight is 376 g/mol. The maximum atomic E-state index is 12.6. The molecule has 8 heteroatoms. The minimum Gasteiger partial charge on any atom is -0.497 e. The largest absolute Gasteiger partial charge is 0.497 e. The van der Waals surface area contributed by atoms with Crippen molar-refractivity contribution in [2.24, 2.45) is 0 Å². The Balaban J connectivity index is 1.86. The first-order chi connectivity index (χ1) is 12.4. The van der Waals surface area contributed by atoms with Crippen molar-refractivity contribution >= 4 is 27.3 Å². The number of rotatable bonds is 5. The van der Waals surface area contributed by atoms with E-state index in [1.807, 2.05) is 0 Å². The Morgan fingerprint density at radius 1 is 1.12 bits per heavy atom. The van der Waals surface area contributed by atoms with Crippen molar-refractivity contribution in [2.75, 3.05) is 36.1 Å². The van der Waals surface area contributed by atoms with E-state index in [0.29, 0.717) is 41.4 Å². The molecular formula is C18H20N2O5S. The number of hydrogen-bond acceptors (Lipinski definition) is 5. The van der Waals surface area contributed by atoms with E-state index in [4.69, 9.17) is 9.47 Å². The van der Waals surface area contributed by atoms with Crippen molar-refractivity contribution in [2.45, 2.75) is 6.42 Å². The predicted octanol–water partition coefficient (Wildman–Crippen LogP) is 2.50. The molecule has 0 radical (unpaired) electrons. The fraction of sp³-hybridized carbons (Fsp3) is 0.278. The van der Waals surface area contributed by atoms with Crippen molar-refractivity contribution in [3.8, 4) is 11.5 Å². The first-order valence-corrected chi connectivity index (χ1v) is 9.69.